The van der Waals surface area contributed by atoms with E-state index in [2.05, 4.69) is 5.32 Å². The number of methoxy groups -OCH3 is 3. The molecular weight excluding hydrogens is 475 g/mol. The van der Waals surface area contributed by atoms with Crippen molar-refractivity contribution >= 4 is 24.0 Å². The molecule has 0 saturated carbocycles. The van der Waals surface area contributed by atoms with Crippen molar-refractivity contribution in [2.24, 2.45) is 5.92 Å². The van der Waals surface area contributed by atoms with Crippen LogP contribution in [0.25, 0.3) is 0 Å². The summed E-state index contributed by atoms with van der Waals surface area (Å²) < 4.78 is 38.1. The molecule has 0 spiro atoms. The Hall–Kier alpha value is -3.15. The largest absolute Gasteiger partial charge is 0.493 e. The molecule has 0 fully saturated rings. The number of hydrogen-bond acceptors (Lipinski definition) is 7. The molecule has 36 heavy (non-hydrogen) atoms. The highest BCUT2D eigenvalue weighted by Gasteiger charge is 2.39. The van der Waals surface area contributed by atoms with Gasteiger partial charge < -0.3 is 29.0 Å². The maximum Gasteiger partial charge on any atom is 0.258 e. The Morgan fingerprint density at radius 3 is 1.92 bits per heavy atom. The van der Waals surface area contributed by atoms with Gasteiger partial charge in [-0.25, -0.2) is 0 Å². The number of rotatable bonds is 12. The van der Waals surface area contributed by atoms with E-state index in [-0.39, 0.29) is 5.92 Å². The highest BCUT2D eigenvalue weighted by molar-refractivity contribution is 7.67. The quantitative estimate of drug-likeness (QED) is 0.291. The average molecular weight is 513 g/mol. The minimum absolute atomic E-state index is 0.191. The summed E-state index contributed by atoms with van der Waals surface area (Å²) in [4.78, 5) is 2.00. The van der Waals surface area contributed by atoms with Crippen LogP contribution in [0, 0.1) is 5.92 Å². The number of nitrogens with zero attached hydrogens (tertiary/aromatic N) is 1. The van der Waals surface area contributed by atoms with Gasteiger partial charge in [0, 0.05) is 30.8 Å². The molecule has 0 saturated heterocycles. The first-order valence-electron chi connectivity index (χ1n) is 11.9. The van der Waals surface area contributed by atoms with Gasteiger partial charge in [-0.05, 0) is 60.0 Å². The van der Waals surface area contributed by atoms with E-state index in [1.165, 1.54) is 0 Å². The molecule has 0 radical (unpaired) electrons. The molecule has 0 heterocycles. The summed E-state index contributed by atoms with van der Waals surface area (Å²) in [5.74, 6) is 0.889. The zero-order chi connectivity index (χ0) is 26.3. The summed E-state index contributed by atoms with van der Waals surface area (Å²) in [7, 11) is 5.09. The van der Waals surface area contributed by atoms with Gasteiger partial charge in [0.2, 0.25) is 5.75 Å². The SMILES string of the molecule is COc1cc([C@H](Nc2ccccc2)[P@](=O)(OCC(C)C)c2ccc(N(C)C)cc2)cc(OC)c1OC. The number of nitrogens with one attached hydrogen (secondary N) is 1. The molecule has 0 unspecified atom stereocenters. The van der Waals surface area contributed by atoms with E-state index in [4.69, 9.17) is 18.7 Å². The average Bonchev–Trinajstić information content (AvgIpc) is 2.90. The Morgan fingerprint density at radius 1 is 0.861 bits per heavy atom. The third-order valence-corrected chi connectivity index (χ3v) is 8.40. The van der Waals surface area contributed by atoms with Crippen LogP contribution < -0.4 is 29.7 Å². The molecule has 3 rings (SSSR count). The van der Waals surface area contributed by atoms with Gasteiger partial charge in [0.1, 0.15) is 5.78 Å². The smallest absolute Gasteiger partial charge is 0.258 e. The standard InChI is InChI=1S/C28H37N2O5P/c1-20(2)19-35-36(31,24-15-13-23(14-16-24)30(3)4)28(29-22-11-9-8-10-12-22)21-17-25(32-5)27(34-7)26(18-21)33-6/h8-18,20,28-29H,19H2,1-7H3/t28-,36-/m1/s1. The fraction of sp³-hybridized carbons (Fsp3) is 0.357. The lowest BCUT2D eigenvalue weighted by Crippen LogP contribution is -2.22. The first kappa shape index (κ1) is 27.4. The zero-order valence-electron chi connectivity index (χ0n) is 22.1. The topological polar surface area (TPSA) is 69.3 Å². The minimum Gasteiger partial charge on any atom is -0.493 e. The van der Waals surface area contributed by atoms with Crippen molar-refractivity contribution < 1.29 is 23.3 Å². The highest BCUT2D eigenvalue weighted by Crippen LogP contribution is 2.60. The van der Waals surface area contributed by atoms with Crippen LogP contribution in [0.2, 0.25) is 0 Å². The normalized spacial score (nSPS) is 13.6. The first-order chi connectivity index (χ1) is 17.2. The molecule has 194 valence electrons. The Kier molecular flexibility index (Phi) is 9.30. The lowest BCUT2D eigenvalue weighted by Gasteiger charge is -2.31. The summed E-state index contributed by atoms with van der Waals surface area (Å²) >= 11 is 0. The van der Waals surface area contributed by atoms with Crippen LogP contribution >= 0.6 is 7.37 Å². The Morgan fingerprint density at radius 2 is 1.44 bits per heavy atom. The Balaban J connectivity index is 2.24. The number of ether oxygens (including phenoxy) is 3. The Bertz CT molecular complexity index is 1140. The molecular formula is C28H37N2O5P. The van der Waals surface area contributed by atoms with Crippen LogP contribution in [0.5, 0.6) is 17.2 Å². The second-order valence-electron chi connectivity index (χ2n) is 9.07. The monoisotopic (exact) mass is 512 g/mol. The lowest BCUT2D eigenvalue weighted by atomic mass is 10.1. The second kappa shape index (κ2) is 12.2. The summed E-state index contributed by atoms with van der Waals surface area (Å²) in [6.07, 6.45) is 0. The maximum atomic E-state index is 15.0. The van der Waals surface area contributed by atoms with Gasteiger partial charge in [-0.3, -0.25) is 4.57 Å². The second-order valence-corrected chi connectivity index (χ2v) is 11.6. The third kappa shape index (κ3) is 6.15. The third-order valence-electron chi connectivity index (χ3n) is 5.75. The summed E-state index contributed by atoms with van der Waals surface area (Å²) in [6, 6.07) is 21.0. The van der Waals surface area contributed by atoms with E-state index in [0.717, 1.165) is 11.4 Å². The fourth-order valence-electron chi connectivity index (χ4n) is 3.83. The number of para-hydroxylation sites is 1. The predicted molar refractivity (Wildman–Crippen MR) is 148 cm³/mol. The molecule has 0 amide bonds. The van der Waals surface area contributed by atoms with E-state index >= 15 is 4.57 Å². The molecule has 0 bridgehead atoms. The molecule has 8 heteroatoms. The number of anilines is 2. The van der Waals surface area contributed by atoms with E-state index in [1.807, 2.05) is 99.6 Å². The minimum atomic E-state index is -3.54. The van der Waals surface area contributed by atoms with Gasteiger partial charge >= 0.3 is 0 Å². The van der Waals surface area contributed by atoms with Gasteiger partial charge in [0.25, 0.3) is 7.37 Å². The van der Waals surface area contributed by atoms with Crippen molar-refractivity contribution in [3.8, 4) is 17.2 Å². The van der Waals surface area contributed by atoms with Crippen LogP contribution in [0.3, 0.4) is 0 Å². The van der Waals surface area contributed by atoms with E-state index in [1.54, 1.807) is 21.3 Å². The predicted octanol–water partition coefficient (Wildman–Crippen LogP) is 6.17. The van der Waals surface area contributed by atoms with Crippen molar-refractivity contribution in [1.82, 2.24) is 0 Å². The van der Waals surface area contributed by atoms with Gasteiger partial charge in [-0.2, -0.15) is 0 Å². The number of benzene rings is 3. The maximum absolute atomic E-state index is 15.0. The molecule has 3 aromatic rings. The van der Waals surface area contributed by atoms with Gasteiger partial charge in [0.15, 0.2) is 11.5 Å². The first-order valence-corrected chi connectivity index (χ1v) is 13.6. The molecule has 0 aliphatic heterocycles. The van der Waals surface area contributed by atoms with Crippen molar-refractivity contribution in [2.45, 2.75) is 19.6 Å². The van der Waals surface area contributed by atoms with Crippen LogP contribution in [-0.2, 0) is 9.09 Å². The zero-order valence-corrected chi connectivity index (χ0v) is 23.0. The molecule has 2 atom stereocenters. The van der Waals surface area contributed by atoms with Gasteiger partial charge in [-0.1, -0.05) is 32.0 Å². The van der Waals surface area contributed by atoms with Crippen LogP contribution in [-0.4, -0.2) is 42.0 Å². The molecule has 7 nitrogen and oxygen atoms in total. The molecule has 0 aliphatic rings. The van der Waals surface area contributed by atoms with Gasteiger partial charge in [0.05, 0.1) is 27.9 Å². The lowest BCUT2D eigenvalue weighted by molar-refractivity contribution is 0.272. The van der Waals surface area contributed by atoms with E-state index in [0.29, 0.717) is 34.7 Å². The summed E-state index contributed by atoms with van der Waals surface area (Å²) in [5.41, 5.74) is 2.51. The van der Waals surface area contributed by atoms with Crippen LogP contribution in [0.15, 0.2) is 66.7 Å². The summed E-state index contributed by atoms with van der Waals surface area (Å²) in [5, 5.41) is 4.11. The van der Waals surface area contributed by atoms with E-state index < -0.39 is 13.2 Å². The molecule has 1 N–H and O–H groups in total. The van der Waals surface area contributed by atoms with Crippen molar-refractivity contribution in [3.63, 3.8) is 0 Å². The highest BCUT2D eigenvalue weighted by atomic mass is 31.2. The van der Waals surface area contributed by atoms with Crippen molar-refractivity contribution in [1.29, 1.82) is 0 Å². The molecule has 0 aromatic heterocycles. The van der Waals surface area contributed by atoms with Crippen LogP contribution in [0.1, 0.15) is 25.2 Å². The van der Waals surface area contributed by atoms with E-state index in [9.17, 15) is 0 Å². The Labute approximate surface area is 214 Å². The fourth-order valence-corrected chi connectivity index (χ4v) is 6.37. The van der Waals surface area contributed by atoms with Gasteiger partial charge in [-0.15, -0.1) is 0 Å². The number of hydrogen-bond donors (Lipinski definition) is 1. The molecule has 0 aliphatic carbocycles. The van der Waals surface area contributed by atoms with Crippen LogP contribution in [0.4, 0.5) is 11.4 Å². The molecule has 3 aromatic carbocycles. The van der Waals surface area contributed by atoms with Crippen molar-refractivity contribution in [3.05, 3.63) is 72.3 Å². The summed E-state index contributed by atoms with van der Waals surface area (Å²) in [6.45, 7) is 4.42. The van der Waals surface area contributed by atoms with Crippen molar-refractivity contribution in [2.75, 3.05) is 52.2 Å².